The highest BCUT2D eigenvalue weighted by atomic mass is 16.5. The van der Waals surface area contributed by atoms with E-state index in [1.807, 2.05) is 0 Å². The summed E-state index contributed by atoms with van der Waals surface area (Å²) in [5.41, 5.74) is 0. The Morgan fingerprint density at radius 3 is 2.20 bits per heavy atom. The Balaban J connectivity index is 3.73. The molecule has 0 saturated carbocycles. The molecule has 0 amide bonds. The molecule has 0 unspecified atom stereocenters. The summed E-state index contributed by atoms with van der Waals surface area (Å²) in [6.45, 7) is 4.84. The smallest absolute Gasteiger partial charge is 0.334 e. The predicted octanol–water partition coefficient (Wildman–Crippen LogP) is 1.09. The Morgan fingerprint density at radius 2 is 1.90 bits per heavy atom. The second-order valence-electron chi connectivity index (χ2n) is 2.27. The fraction of sp³-hybridized carbons (Fsp3) is 0.833. The highest BCUT2D eigenvalue weighted by Crippen LogP contribution is 1.96. The lowest BCUT2D eigenvalue weighted by Crippen LogP contribution is -2.21. The van der Waals surface area contributed by atoms with E-state index in [2.05, 4.69) is 9.91 Å². The van der Waals surface area contributed by atoms with Crippen LogP contribution < -0.4 is 0 Å². The number of rotatable bonds is 3. The second-order valence-corrected chi connectivity index (χ2v) is 2.27. The molecule has 0 aliphatic heterocycles. The molecule has 0 N–H and O–H groups in total. The van der Waals surface area contributed by atoms with Crippen molar-refractivity contribution in [1.82, 2.24) is 0 Å². The quantitative estimate of drug-likeness (QED) is 0.441. The molecule has 0 aromatic rings. The van der Waals surface area contributed by atoms with Gasteiger partial charge in [-0.2, -0.15) is 0 Å². The molecular weight excluding hydrogens is 134 g/mol. The average Bonchev–Trinajstić information content (AvgIpc) is 1.85. The minimum Gasteiger partial charge on any atom is -0.461 e. The maximum absolute atomic E-state index is 10.7. The SMILES string of the molecule is CC(C)OC(=O)[C@@H](C)N=O. The summed E-state index contributed by atoms with van der Waals surface area (Å²) in [5, 5.41) is 2.52. The third-order valence-electron chi connectivity index (χ3n) is 0.851. The number of carbonyl (C=O) groups is 1. The summed E-state index contributed by atoms with van der Waals surface area (Å²) < 4.78 is 4.67. The largest absolute Gasteiger partial charge is 0.461 e. The number of nitroso groups, excluding NO2 is 1. The first-order valence-corrected chi connectivity index (χ1v) is 3.11. The van der Waals surface area contributed by atoms with Crippen molar-refractivity contribution in [2.75, 3.05) is 0 Å². The molecule has 0 radical (unpaired) electrons. The summed E-state index contributed by atoms with van der Waals surface area (Å²) in [6.07, 6.45) is -0.184. The van der Waals surface area contributed by atoms with Crippen molar-refractivity contribution in [2.24, 2.45) is 5.18 Å². The van der Waals surface area contributed by atoms with Crippen molar-refractivity contribution in [3.63, 3.8) is 0 Å². The van der Waals surface area contributed by atoms with Crippen LogP contribution in [0.25, 0.3) is 0 Å². The number of nitrogens with zero attached hydrogens (tertiary/aromatic N) is 1. The van der Waals surface area contributed by atoms with Gasteiger partial charge in [0.25, 0.3) is 0 Å². The fourth-order valence-electron chi connectivity index (χ4n) is 0.374. The van der Waals surface area contributed by atoms with Crippen LogP contribution in [0.3, 0.4) is 0 Å². The van der Waals surface area contributed by atoms with Crippen LogP contribution in [-0.4, -0.2) is 18.1 Å². The molecule has 0 aromatic carbocycles. The molecule has 58 valence electrons. The molecule has 1 atom stereocenters. The van der Waals surface area contributed by atoms with Crippen LogP contribution in [0, 0.1) is 4.91 Å². The standard InChI is InChI=1S/C6H11NO3/c1-4(2)10-6(8)5(3)7-9/h4-5H,1-3H3/t5-/m1/s1. The first-order chi connectivity index (χ1) is 4.57. The Labute approximate surface area is 59.5 Å². The average molecular weight is 145 g/mol. The lowest BCUT2D eigenvalue weighted by molar-refractivity contribution is -0.148. The molecule has 10 heavy (non-hydrogen) atoms. The lowest BCUT2D eigenvalue weighted by Gasteiger charge is -2.07. The highest BCUT2D eigenvalue weighted by molar-refractivity contribution is 5.75. The fourth-order valence-corrected chi connectivity index (χ4v) is 0.374. The Hall–Kier alpha value is -0.930. The first kappa shape index (κ1) is 9.07. The maximum atomic E-state index is 10.7. The third kappa shape index (κ3) is 3.17. The zero-order valence-corrected chi connectivity index (χ0v) is 6.33. The predicted molar refractivity (Wildman–Crippen MR) is 36.5 cm³/mol. The van der Waals surface area contributed by atoms with E-state index in [0.29, 0.717) is 0 Å². The van der Waals surface area contributed by atoms with Gasteiger partial charge in [-0.1, -0.05) is 5.18 Å². The van der Waals surface area contributed by atoms with E-state index in [9.17, 15) is 9.70 Å². The molecule has 0 aromatic heterocycles. The Bertz CT molecular complexity index is 133. The number of hydrogen-bond acceptors (Lipinski definition) is 4. The number of carbonyl (C=O) groups excluding carboxylic acids is 1. The van der Waals surface area contributed by atoms with Gasteiger partial charge in [0.1, 0.15) is 0 Å². The van der Waals surface area contributed by atoms with Gasteiger partial charge >= 0.3 is 5.97 Å². The second kappa shape index (κ2) is 3.98. The van der Waals surface area contributed by atoms with E-state index < -0.39 is 12.0 Å². The van der Waals surface area contributed by atoms with Crippen LogP contribution in [0.5, 0.6) is 0 Å². The maximum Gasteiger partial charge on any atom is 0.334 e. The van der Waals surface area contributed by atoms with E-state index >= 15 is 0 Å². The molecule has 0 aliphatic carbocycles. The zero-order valence-electron chi connectivity index (χ0n) is 6.33. The van der Waals surface area contributed by atoms with Gasteiger partial charge in [0.2, 0.25) is 0 Å². The van der Waals surface area contributed by atoms with Crippen LogP contribution in [-0.2, 0) is 9.53 Å². The van der Waals surface area contributed by atoms with Crippen molar-refractivity contribution in [3.8, 4) is 0 Å². The van der Waals surface area contributed by atoms with Crippen molar-refractivity contribution >= 4 is 5.97 Å². The van der Waals surface area contributed by atoms with Gasteiger partial charge in [-0.15, -0.1) is 4.91 Å². The molecule has 0 heterocycles. The minimum atomic E-state index is -0.887. The molecule has 4 nitrogen and oxygen atoms in total. The van der Waals surface area contributed by atoms with Gasteiger partial charge in [-0.25, -0.2) is 4.79 Å². The van der Waals surface area contributed by atoms with Crippen molar-refractivity contribution in [1.29, 1.82) is 0 Å². The topological polar surface area (TPSA) is 55.7 Å². The number of hydrogen-bond donors (Lipinski definition) is 0. The van der Waals surface area contributed by atoms with E-state index in [1.165, 1.54) is 6.92 Å². The normalized spacial score (nSPS) is 12.8. The van der Waals surface area contributed by atoms with Gasteiger partial charge in [0.15, 0.2) is 6.04 Å². The number of esters is 1. The zero-order chi connectivity index (χ0) is 8.15. The summed E-state index contributed by atoms with van der Waals surface area (Å²) in [5.74, 6) is -0.565. The van der Waals surface area contributed by atoms with Gasteiger partial charge in [0.05, 0.1) is 6.10 Å². The molecule has 0 rings (SSSR count). The van der Waals surface area contributed by atoms with E-state index in [-0.39, 0.29) is 6.10 Å². The van der Waals surface area contributed by atoms with Gasteiger partial charge in [0, 0.05) is 0 Å². The molecule has 4 heteroatoms. The van der Waals surface area contributed by atoms with Crippen LogP contribution in [0.1, 0.15) is 20.8 Å². The summed E-state index contributed by atoms with van der Waals surface area (Å²) in [4.78, 5) is 20.4. The molecule has 0 bridgehead atoms. The molecular formula is C6H11NO3. The summed E-state index contributed by atoms with van der Waals surface area (Å²) >= 11 is 0. The third-order valence-corrected chi connectivity index (χ3v) is 0.851. The number of ether oxygens (including phenoxy) is 1. The lowest BCUT2D eigenvalue weighted by atomic mass is 10.4. The Kier molecular flexibility index (Phi) is 3.61. The van der Waals surface area contributed by atoms with E-state index in [0.717, 1.165) is 0 Å². The van der Waals surface area contributed by atoms with E-state index in [4.69, 9.17) is 0 Å². The van der Waals surface area contributed by atoms with E-state index in [1.54, 1.807) is 13.8 Å². The van der Waals surface area contributed by atoms with Crippen molar-refractivity contribution < 1.29 is 9.53 Å². The summed E-state index contributed by atoms with van der Waals surface area (Å²) in [6, 6.07) is -0.887. The van der Waals surface area contributed by atoms with Gasteiger partial charge in [-0.05, 0) is 20.8 Å². The molecule has 0 fully saturated rings. The van der Waals surface area contributed by atoms with Crippen LogP contribution in [0.4, 0.5) is 0 Å². The van der Waals surface area contributed by atoms with Crippen molar-refractivity contribution in [2.45, 2.75) is 32.9 Å². The van der Waals surface area contributed by atoms with Gasteiger partial charge < -0.3 is 4.74 Å². The van der Waals surface area contributed by atoms with Gasteiger partial charge in [-0.3, -0.25) is 0 Å². The van der Waals surface area contributed by atoms with Crippen LogP contribution in [0.15, 0.2) is 5.18 Å². The van der Waals surface area contributed by atoms with Crippen LogP contribution in [0.2, 0.25) is 0 Å². The monoisotopic (exact) mass is 145 g/mol. The Morgan fingerprint density at radius 1 is 1.40 bits per heavy atom. The highest BCUT2D eigenvalue weighted by Gasteiger charge is 2.14. The summed E-state index contributed by atoms with van der Waals surface area (Å²) in [7, 11) is 0. The molecule has 0 spiro atoms. The molecule has 0 saturated heterocycles. The van der Waals surface area contributed by atoms with Crippen molar-refractivity contribution in [3.05, 3.63) is 4.91 Å². The van der Waals surface area contributed by atoms with Crippen LogP contribution >= 0.6 is 0 Å². The molecule has 0 aliphatic rings. The minimum absolute atomic E-state index is 0.184. The first-order valence-electron chi connectivity index (χ1n) is 3.11.